The second-order valence-electron chi connectivity index (χ2n) is 6.70. The SMILES string of the molecule is CCc1cccc(CC)c1N/C=C(/C#N)C(=O)Nc1ccc(C(C)C)cc1. The molecule has 0 saturated carbocycles. The molecule has 0 bridgehead atoms. The van der Waals surface area contributed by atoms with Crippen molar-refractivity contribution in [1.29, 1.82) is 5.26 Å². The fourth-order valence-corrected chi connectivity index (χ4v) is 2.87. The summed E-state index contributed by atoms with van der Waals surface area (Å²) in [5.41, 5.74) is 5.21. The number of aryl methyl sites for hydroxylation is 2. The summed E-state index contributed by atoms with van der Waals surface area (Å²) in [5, 5.41) is 15.4. The first-order chi connectivity index (χ1) is 13.0. The van der Waals surface area contributed by atoms with Crippen molar-refractivity contribution in [2.24, 2.45) is 0 Å². The molecular weight excluding hydrogens is 334 g/mol. The average Bonchev–Trinajstić information content (AvgIpc) is 2.68. The summed E-state index contributed by atoms with van der Waals surface area (Å²) >= 11 is 0. The molecule has 2 aromatic carbocycles. The normalized spacial score (nSPS) is 11.2. The Morgan fingerprint density at radius 3 is 2.15 bits per heavy atom. The summed E-state index contributed by atoms with van der Waals surface area (Å²) in [6.07, 6.45) is 3.24. The number of para-hydroxylation sites is 1. The van der Waals surface area contributed by atoms with Gasteiger partial charge >= 0.3 is 0 Å². The van der Waals surface area contributed by atoms with E-state index in [9.17, 15) is 10.1 Å². The summed E-state index contributed by atoms with van der Waals surface area (Å²) in [6, 6.07) is 15.8. The van der Waals surface area contributed by atoms with Crippen LogP contribution in [0.15, 0.2) is 54.2 Å². The van der Waals surface area contributed by atoms with Crippen molar-refractivity contribution < 1.29 is 4.79 Å². The monoisotopic (exact) mass is 361 g/mol. The minimum atomic E-state index is -0.422. The first-order valence-electron chi connectivity index (χ1n) is 9.39. The first-order valence-corrected chi connectivity index (χ1v) is 9.39. The zero-order valence-electron chi connectivity index (χ0n) is 16.5. The van der Waals surface area contributed by atoms with Crippen LogP contribution in [0.25, 0.3) is 0 Å². The minimum Gasteiger partial charge on any atom is -0.360 e. The molecule has 2 rings (SSSR count). The molecule has 27 heavy (non-hydrogen) atoms. The van der Waals surface area contributed by atoms with Gasteiger partial charge in [-0.05, 0) is 47.6 Å². The fourth-order valence-electron chi connectivity index (χ4n) is 2.87. The molecule has 0 spiro atoms. The Morgan fingerprint density at radius 1 is 1.07 bits per heavy atom. The molecule has 0 unspecified atom stereocenters. The highest BCUT2D eigenvalue weighted by molar-refractivity contribution is 6.06. The number of hydrogen-bond donors (Lipinski definition) is 2. The molecular formula is C23H27N3O. The van der Waals surface area contributed by atoms with Gasteiger partial charge in [0.2, 0.25) is 0 Å². The van der Waals surface area contributed by atoms with E-state index in [1.165, 1.54) is 11.8 Å². The largest absolute Gasteiger partial charge is 0.360 e. The Hall–Kier alpha value is -3.06. The van der Waals surface area contributed by atoms with Crippen LogP contribution in [-0.4, -0.2) is 5.91 Å². The molecule has 2 aromatic rings. The number of carbonyl (C=O) groups excluding carboxylic acids is 1. The van der Waals surface area contributed by atoms with Gasteiger partial charge in [0.15, 0.2) is 0 Å². The number of nitrogens with zero attached hydrogens (tertiary/aromatic N) is 1. The van der Waals surface area contributed by atoms with Crippen LogP contribution >= 0.6 is 0 Å². The topological polar surface area (TPSA) is 64.9 Å². The predicted molar refractivity (Wildman–Crippen MR) is 112 cm³/mol. The van der Waals surface area contributed by atoms with Crippen LogP contribution in [0.1, 0.15) is 50.3 Å². The van der Waals surface area contributed by atoms with Crippen molar-refractivity contribution in [1.82, 2.24) is 0 Å². The van der Waals surface area contributed by atoms with E-state index < -0.39 is 5.91 Å². The fraction of sp³-hybridized carbons (Fsp3) is 0.304. The Kier molecular flexibility index (Phi) is 7.19. The van der Waals surface area contributed by atoms with Crippen LogP contribution in [0.2, 0.25) is 0 Å². The highest BCUT2D eigenvalue weighted by Gasteiger charge is 2.11. The van der Waals surface area contributed by atoms with Crippen LogP contribution in [0.3, 0.4) is 0 Å². The third-order valence-corrected chi connectivity index (χ3v) is 4.56. The lowest BCUT2D eigenvalue weighted by molar-refractivity contribution is -0.112. The van der Waals surface area contributed by atoms with Gasteiger partial charge in [-0.2, -0.15) is 5.26 Å². The van der Waals surface area contributed by atoms with Gasteiger partial charge in [-0.1, -0.05) is 58.0 Å². The van der Waals surface area contributed by atoms with Crippen molar-refractivity contribution >= 4 is 17.3 Å². The maximum Gasteiger partial charge on any atom is 0.267 e. The van der Waals surface area contributed by atoms with Gasteiger partial charge in [0.1, 0.15) is 11.6 Å². The van der Waals surface area contributed by atoms with Crippen molar-refractivity contribution in [3.05, 3.63) is 70.9 Å². The van der Waals surface area contributed by atoms with E-state index in [-0.39, 0.29) is 5.57 Å². The number of hydrogen-bond acceptors (Lipinski definition) is 3. The van der Waals surface area contributed by atoms with E-state index in [0.717, 1.165) is 29.7 Å². The van der Waals surface area contributed by atoms with Crippen LogP contribution < -0.4 is 10.6 Å². The molecule has 4 nitrogen and oxygen atoms in total. The lowest BCUT2D eigenvalue weighted by Gasteiger charge is -2.13. The number of nitrogens with one attached hydrogen (secondary N) is 2. The standard InChI is InChI=1S/C23H27N3O/c1-5-17-8-7-9-18(6-2)22(17)25-15-20(14-24)23(27)26-21-12-10-19(11-13-21)16(3)4/h7-13,15-16,25H,5-6H2,1-4H3,(H,26,27)/b20-15-. The molecule has 0 aliphatic heterocycles. The summed E-state index contributed by atoms with van der Waals surface area (Å²) in [4.78, 5) is 12.5. The molecule has 0 fully saturated rings. The molecule has 0 aromatic heterocycles. The molecule has 0 radical (unpaired) electrons. The Balaban J connectivity index is 2.16. The summed E-state index contributed by atoms with van der Waals surface area (Å²) in [5.74, 6) is 0.00855. The number of rotatable bonds is 7. The number of anilines is 2. The van der Waals surface area contributed by atoms with Gasteiger partial charge in [0, 0.05) is 17.6 Å². The van der Waals surface area contributed by atoms with E-state index >= 15 is 0 Å². The van der Waals surface area contributed by atoms with Gasteiger partial charge in [-0.25, -0.2) is 0 Å². The summed E-state index contributed by atoms with van der Waals surface area (Å²) < 4.78 is 0. The Morgan fingerprint density at radius 2 is 1.67 bits per heavy atom. The van der Waals surface area contributed by atoms with Gasteiger partial charge < -0.3 is 10.6 Å². The molecule has 0 aliphatic rings. The highest BCUT2D eigenvalue weighted by Crippen LogP contribution is 2.23. The first kappa shape index (κ1) is 20.3. The number of benzene rings is 2. The zero-order valence-corrected chi connectivity index (χ0v) is 16.5. The van der Waals surface area contributed by atoms with Gasteiger partial charge in [0.05, 0.1) is 0 Å². The smallest absolute Gasteiger partial charge is 0.267 e. The minimum absolute atomic E-state index is 0.0379. The van der Waals surface area contributed by atoms with E-state index in [0.29, 0.717) is 11.6 Å². The van der Waals surface area contributed by atoms with Crippen LogP contribution in [0.4, 0.5) is 11.4 Å². The molecule has 4 heteroatoms. The Labute approximate surface area is 161 Å². The van der Waals surface area contributed by atoms with E-state index in [2.05, 4.69) is 50.5 Å². The summed E-state index contributed by atoms with van der Waals surface area (Å²) in [7, 11) is 0. The quantitative estimate of drug-likeness (QED) is 0.513. The molecule has 0 heterocycles. The van der Waals surface area contributed by atoms with Crippen LogP contribution in [0.5, 0.6) is 0 Å². The van der Waals surface area contributed by atoms with Gasteiger partial charge in [-0.3, -0.25) is 4.79 Å². The number of nitriles is 1. The molecule has 0 saturated heterocycles. The van der Waals surface area contributed by atoms with E-state index in [1.807, 2.05) is 36.4 Å². The average molecular weight is 361 g/mol. The second-order valence-corrected chi connectivity index (χ2v) is 6.70. The lowest BCUT2D eigenvalue weighted by Crippen LogP contribution is -2.15. The molecule has 140 valence electrons. The van der Waals surface area contributed by atoms with Gasteiger partial charge in [0.25, 0.3) is 5.91 Å². The molecule has 0 aliphatic carbocycles. The molecule has 2 N–H and O–H groups in total. The molecule has 0 atom stereocenters. The van der Waals surface area contributed by atoms with Crippen LogP contribution in [0, 0.1) is 11.3 Å². The number of carbonyl (C=O) groups is 1. The summed E-state index contributed by atoms with van der Waals surface area (Å²) in [6.45, 7) is 8.41. The van der Waals surface area contributed by atoms with E-state index in [4.69, 9.17) is 0 Å². The third-order valence-electron chi connectivity index (χ3n) is 4.56. The molecule has 1 amide bonds. The second kappa shape index (κ2) is 9.59. The van der Waals surface area contributed by atoms with Gasteiger partial charge in [-0.15, -0.1) is 0 Å². The van der Waals surface area contributed by atoms with Crippen LogP contribution in [-0.2, 0) is 17.6 Å². The van der Waals surface area contributed by atoms with E-state index in [1.54, 1.807) is 0 Å². The van der Waals surface area contributed by atoms with Crippen molar-refractivity contribution in [2.75, 3.05) is 10.6 Å². The van der Waals surface area contributed by atoms with Crippen molar-refractivity contribution in [3.8, 4) is 6.07 Å². The van der Waals surface area contributed by atoms with Crippen molar-refractivity contribution in [2.45, 2.75) is 46.5 Å². The predicted octanol–water partition coefficient (Wildman–Crippen LogP) is 5.39. The Bertz CT molecular complexity index is 836. The maximum atomic E-state index is 12.5. The highest BCUT2D eigenvalue weighted by atomic mass is 16.1. The number of amides is 1. The van der Waals surface area contributed by atoms with Crippen molar-refractivity contribution in [3.63, 3.8) is 0 Å². The lowest BCUT2D eigenvalue weighted by atomic mass is 10.0. The third kappa shape index (κ3) is 5.21. The zero-order chi connectivity index (χ0) is 19.8. The maximum absolute atomic E-state index is 12.5.